The van der Waals surface area contributed by atoms with Gasteiger partial charge in [0.05, 0.1) is 5.69 Å². The second-order valence-corrected chi connectivity index (χ2v) is 3.30. The van der Waals surface area contributed by atoms with Crippen molar-refractivity contribution in [3.8, 4) is 5.75 Å². The summed E-state index contributed by atoms with van der Waals surface area (Å²) in [7, 11) is 0. The minimum atomic E-state index is 0.0676. The summed E-state index contributed by atoms with van der Waals surface area (Å²) in [4.78, 5) is 4.07. The van der Waals surface area contributed by atoms with E-state index < -0.39 is 0 Å². The molecule has 0 aromatic carbocycles. The van der Waals surface area contributed by atoms with Crippen molar-refractivity contribution < 1.29 is 5.11 Å². The number of hydrogen-bond donors (Lipinski definition) is 2. The van der Waals surface area contributed by atoms with E-state index in [4.69, 9.17) is 5.73 Å². The molecule has 1 aromatic rings. The van der Waals surface area contributed by atoms with Crippen LogP contribution in [0.15, 0.2) is 12.3 Å². The maximum absolute atomic E-state index is 9.72. The fraction of sp³-hybridized carbons (Fsp3) is 0.500. The van der Waals surface area contributed by atoms with Gasteiger partial charge in [0.15, 0.2) is 0 Å². The van der Waals surface area contributed by atoms with Crippen LogP contribution in [0, 0.1) is 0 Å². The molecule has 3 nitrogen and oxygen atoms in total. The molecule has 0 amide bonds. The molecule has 0 spiro atoms. The second kappa shape index (κ2) is 4.23. The van der Waals surface area contributed by atoms with Crippen LogP contribution < -0.4 is 5.73 Å². The molecule has 0 saturated carbocycles. The fourth-order valence-electron chi connectivity index (χ4n) is 1.31. The van der Waals surface area contributed by atoms with Crippen molar-refractivity contribution in [2.45, 2.75) is 32.7 Å². The van der Waals surface area contributed by atoms with Crippen molar-refractivity contribution in [2.75, 3.05) is 0 Å². The van der Waals surface area contributed by atoms with Gasteiger partial charge < -0.3 is 10.8 Å². The van der Waals surface area contributed by atoms with Gasteiger partial charge in [-0.1, -0.05) is 6.92 Å². The first-order valence-corrected chi connectivity index (χ1v) is 4.56. The molecular weight excluding hydrogens is 164 g/mol. The lowest BCUT2D eigenvalue weighted by Crippen LogP contribution is -2.18. The Kier molecular flexibility index (Phi) is 3.25. The first kappa shape index (κ1) is 9.99. The largest absolute Gasteiger partial charge is 0.506 e. The summed E-state index contributed by atoms with van der Waals surface area (Å²) in [6.45, 7) is 3.89. The molecular formula is C10H16N2O. The number of rotatable bonds is 3. The summed E-state index contributed by atoms with van der Waals surface area (Å²) in [6.07, 6.45) is 3.16. The maximum atomic E-state index is 9.72. The summed E-state index contributed by atoms with van der Waals surface area (Å²) in [5.74, 6) is 0.308. The van der Waals surface area contributed by atoms with Gasteiger partial charge >= 0.3 is 0 Å². The van der Waals surface area contributed by atoms with Gasteiger partial charge in [-0.2, -0.15) is 0 Å². The van der Waals surface area contributed by atoms with Gasteiger partial charge in [-0.15, -0.1) is 0 Å². The Morgan fingerprint density at radius 2 is 2.31 bits per heavy atom. The van der Waals surface area contributed by atoms with Crippen LogP contribution in [0.2, 0.25) is 0 Å². The van der Waals surface area contributed by atoms with Crippen LogP contribution in [0.25, 0.3) is 0 Å². The highest BCUT2D eigenvalue weighted by molar-refractivity contribution is 5.35. The summed E-state index contributed by atoms with van der Waals surface area (Å²) in [5, 5.41) is 9.72. The molecule has 1 heterocycles. The minimum Gasteiger partial charge on any atom is -0.506 e. The highest BCUT2D eigenvalue weighted by atomic mass is 16.3. The van der Waals surface area contributed by atoms with Crippen LogP contribution in [0.5, 0.6) is 5.75 Å². The Labute approximate surface area is 78.6 Å². The molecule has 1 aromatic heterocycles. The molecule has 13 heavy (non-hydrogen) atoms. The lowest BCUT2D eigenvalue weighted by molar-refractivity contribution is 0.455. The molecule has 3 N–H and O–H groups in total. The zero-order valence-corrected chi connectivity index (χ0v) is 8.12. The normalized spacial score (nSPS) is 12.8. The molecule has 72 valence electrons. The van der Waals surface area contributed by atoms with Gasteiger partial charge in [-0.05, 0) is 31.4 Å². The zero-order valence-electron chi connectivity index (χ0n) is 8.12. The van der Waals surface area contributed by atoms with E-state index in [-0.39, 0.29) is 6.04 Å². The summed E-state index contributed by atoms with van der Waals surface area (Å²) >= 11 is 0. The Morgan fingerprint density at radius 1 is 1.62 bits per heavy atom. The Balaban J connectivity index is 2.94. The van der Waals surface area contributed by atoms with Crippen LogP contribution in [0.4, 0.5) is 0 Å². The van der Waals surface area contributed by atoms with Gasteiger partial charge in [-0.3, -0.25) is 4.98 Å². The third kappa shape index (κ3) is 2.42. The van der Waals surface area contributed by atoms with Gasteiger partial charge in [-0.25, -0.2) is 0 Å². The van der Waals surface area contributed by atoms with Crippen LogP contribution in [0.1, 0.15) is 25.1 Å². The van der Waals surface area contributed by atoms with E-state index in [1.165, 1.54) is 0 Å². The van der Waals surface area contributed by atoms with Crippen molar-refractivity contribution in [3.63, 3.8) is 0 Å². The van der Waals surface area contributed by atoms with E-state index in [1.807, 2.05) is 19.9 Å². The molecule has 3 heteroatoms. The van der Waals surface area contributed by atoms with Gasteiger partial charge in [0.2, 0.25) is 0 Å². The Morgan fingerprint density at radius 3 is 2.85 bits per heavy atom. The van der Waals surface area contributed by atoms with Crippen molar-refractivity contribution in [2.24, 2.45) is 5.73 Å². The second-order valence-electron chi connectivity index (χ2n) is 3.30. The standard InChI is InChI=1S/C10H16N2O/c1-3-9-10(13)8(4-5-12-9)6-7(2)11/h4-5,7,13H,3,6,11H2,1-2H3. The molecule has 0 aliphatic heterocycles. The lowest BCUT2D eigenvalue weighted by atomic mass is 10.1. The lowest BCUT2D eigenvalue weighted by Gasteiger charge is -2.09. The molecule has 1 atom stereocenters. The Hall–Kier alpha value is -1.09. The maximum Gasteiger partial charge on any atom is 0.140 e. The predicted octanol–water partition coefficient (Wildman–Crippen LogP) is 1.24. The molecule has 0 aliphatic rings. The molecule has 1 unspecified atom stereocenters. The molecule has 1 rings (SSSR count). The molecule has 0 aliphatic carbocycles. The number of aromatic hydroxyl groups is 1. The number of pyridine rings is 1. The van der Waals surface area contributed by atoms with E-state index in [9.17, 15) is 5.11 Å². The molecule has 0 fully saturated rings. The summed E-state index contributed by atoms with van der Waals surface area (Å²) in [5.41, 5.74) is 7.29. The van der Waals surface area contributed by atoms with Crippen molar-refractivity contribution in [1.29, 1.82) is 0 Å². The van der Waals surface area contributed by atoms with E-state index in [1.54, 1.807) is 6.20 Å². The summed E-state index contributed by atoms with van der Waals surface area (Å²) in [6, 6.07) is 1.88. The molecule has 0 bridgehead atoms. The average molecular weight is 180 g/mol. The highest BCUT2D eigenvalue weighted by Crippen LogP contribution is 2.21. The van der Waals surface area contributed by atoms with E-state index in [0.717, 1.165) is 17.7 Å². The third-order valence-electron chi connectivity index (χ3n) is 1.96. The van der Waals surface area contributed by atoms with E-state index >= 15 is 0 Å². The van der Waals surface area contributed by atoms with E-state index in [0.29, 0.717) is 12.2 Å². The van der Waals surface area contributed by atoms with Gasteiger partial charge in [0, 0.05) is 12.2 Å². The van der Waals surface area contributed by atoms with Crippen molar-refractivity contribution >= 4 is 0 Å². The third-order valence-corrected chi connectivity index (χ3v) is 1.96. The first-order valence-electron chi connectivity index (χ1n) is 4.56. The number of nitrogens with two attached hydrogens (primary N) is 1. The van der Waals surface area contributed by atoms with Gasteiger partial charge in [0.25, 0.3) is 0 Å². The average Bonchev–Trinajstić information content (AvgIpc) is 2.08. The number of aryl methyl sites for hydroxylation is 1. The van der Waals surface area contributed by atoms with Crippen molar-refractivity contribution in [1.82, 2.24) is 4.98 Å². The minimum absolute atomic E-state index is 0.0676. The van der Waals surface area contributed by atoms with Crippen LogP contribution in [-0.2, 0) is 12.8 Å². The number of aromatic nitrogens is 1. The first-order chi connectivity index (χ1) is 6.15. The van der Waals surface area contributed by atoms with E-state index in [2.05, 4.69) is 4.98 Å². The zero-order chi connectivity index (χ0) is 9.84. The Bertz CT molecular complexity index is 284. The fourth-order valence-corrected chi connectivity index (χ4v) is 1.31. The molecule has 0 radical (unpaired) electrons. The topological polar surface area (TPSA) is 59.1 Å². The van der Waals surface area contributed by atoms with Crippen LogP contribution in [-0.4, -0.2) is 16.1 Å². The summed E-state index contributed by atoms with van der Waals surface area (Å²) < 4.78 is 0. The number of nitrogens with zero attached hydrogens (tertiary/aromatic N) is 1. The smallest absolute Gasteiger partial charge is 0.140 e. The van der Waals surface area contributed by atoms with Gasteiger partial charge in [0.1, 0.15) is 5.75 Å². The van der Waals surface area contributed by atoms with Crippen molar-refractivity contribution in [3.05, 3.63) is 23.5 Å². The molecule has 0 saturated heterocycles. The number of hydrogen-bond acceptors (Lipinski definition) is 3. The van der Waals surface area contributed by atoms with Crippen LogP contribution >= 0.6 is 0 Å². The monoisotopic (exact) mass is 180 g/mol. The van der Waals surface area contributed by atoms with Crippen LogP contribution in [0.3, 0.4) is 0 Å². The SMILES string of the molecule is CCc1nccc(CC(C)N)c1O. The quantitative estimate of drug-likeness (QED) is 0.735. The predicted molar refractivity (Wildman–Crippen MR) is 52.6 cm³/mol. The highest BCUT2D eigenvalue weighted by Gasteiger charge is 2.07.